The second-order valence-corrected chi connectivity index (χ2v) is 8.37. The molecule has 1 aliphatic rings. The van der Waals surface area contributed by atoms with Crippen molar-refractivity contribution in [2.75, 3.05) is 21.3 Å². The average Bonchev–Trinajstić information content (AvgIpc) is 2.81. The lowest BCUT2D eigenvalue weighted by atomic mass is 9.90. The van der Waals surface area contributed by atoms with Crippen molar-refractivity contribution in [2.24, 2.45) is 0 Å². The summed E-state index contributed by atoms with van der Waals surface area (Å²) >= 11 is 0. The molecule has 0 saturated carbocycles. The summed E-state index contributed by atoms with van der Waals surface area (Å²) in [5, 5.41) is 0.771. The minimum absolute atomic E-state index is 0.424. The molecule has 0 fully saturated rings. The third-order valence-corrected chi connectivity index (χ3v) is 5.75. The van der Waals surface area contributed by atoms with Crippen molar-refractivity contribution in [3.05, 3.63) is 64.0 Å². The van der Waals surface area contributed by atoms with Crippen molar-refractivity contribution in [3.63, 3.8) is 0 Å². The molecule has 3 aromatic rings. The Bertz CT molecular complexity index is 1320. The van der Waals surface area contributed by atoms with E-state index >= 15 is 0 Å². The minimum Gasteiger partial charge on any atom is -0.496 e. The van der Waals surface area contributed by atoms with Crippen LogP contribution in [-0.2, 0) is 16.0 Å². The molecule has 1 atom stereocenters. The first-order valence-electron chi connectivity index (χ1n) is 10.7. The Labute approximate surface area is 196 Å². The van der Waals surface area contributed by atoms with Crippen LogP contribution in [0.5, 0.6) is 23.0 Å². The van der Waals surface area contributed by atoms with Gasteiger partial charge in [0.05, 0.1) is 21.3 Å². The Morgan fingerprint density at radius 2 is 1.71 bits per heavy atom. The molecule has 0 N–H and O–H groups in total. The van der Waals surface area contributed by atoms with Gasteiger partial charge in [0.2, 0.25) is 0 Å². The Morgan fingerprint density at radius 1 is 1.00 bits per heavy atom. The van der Waals surface area contributed by atoms with Crippen molar-refractivity contribution in [2.45, 2.75) is 32.0 Å². The molecule has 0 amide bonds. The van der Waals surface area contributed by atoms with Gasteiger partial charge < -0.3 is 28.1 Å². The van der Waals surface area contributed by atoms with Crippen molar-refractivity contribution in [1.29, 1.82) is 0 Å². The smallest absolute Gasteiger partial charge is 0.336 e. The molecular weight excluding hydrogens is 440 g/mol. The largest absolute Gasteiger partial charge is 0.496 e. The van der Waals surface area contributed by atoms with Gasteiger partial charge >= 0.3 is 11.6 Å². The first-order chi connectivity index (χ1) is 16.2. The Morgan fingerprint density at radius 3 is 2.41 bits per heavy atom. The second-order valence-electron chi connectivity index (χ2n) is 8.37. The normalized spacial score (nSPS) is 16.6. The molecular formula is C26H26O8. The van der Waals surface area contributed by atoms with E-state index in [-0.39, 0.29) is 0 Å². The lowest BCUT2D eigenvalue weighted by Gasteiger charge is -2.39. The fraction of sp³-hybridized carbons (Fsp3) is 0.308. The SMILES string of the molecule is COc1cc(OC)c(OC)cc1/C=C/C(=O)OC1Cc2cc3ccc(=O)oc3cc2OC1(C)C. The lowest BCUT2D eigenvalue weighted by Crippen LogP contribution is -2.48. The highest BCUT2D eigenvalue weighted by atomic mass is 16.6. The van der Waals surface area contributed by atoms with E-state index in [9.17, 15) is 9.59 Å². The van der Waals surface area contributed by atoms with Crippen LogP contribution in [0.4, 0.5) is 0 Å². The summed E-state index contributed by atoms with van der Waals surface area (Å²) in [4.78, 5) is 24.2. The number of methoxy groups -OCH3 is 3. The highest BCUT2D eigenvalue weighted by Gasteiger charge is 2.39. The summed E-state index contributed by atoms with van der Waals surface area (Å²) in [5.74, 6) is 1.64. The van der Waals surface area contributed by atoms with E-state index in [0.717, 1.165) is 10.9 Å². The second kappa shape index (κ2) is 9.13. The van der Waals surface area contributed by atoms with E-state index in [0.29, 0.717) is 40.6 Å². The molecule has 1 unspecified atom stereocenters. The summed E-state index contributed by atoms with van der Waals surface area (Å²) in [6.45, 7) is 3.70. The van der Waals surface area contributed by atoms with E-state index in [1.165, 1.54) is 33.5 Å². The summed E-state index contributed by atoms with van der Waals surface area (Å²) < 4.78 is 33.2. The molecule has 8 nitrogen and oxygen atoms in total. The van der Waals surface area contributed by atoms with Gasteiger partial charge in [-0.25, -0.2) is 9.59 Å². The maximum Gasteiger partial charge on any atom is 0.336 e. The summed E-state index contributed by atoms with van der Waals surface area (Å²) in [5.41, 5.74) is 0.732. The van der Waals surface area contributed by atoms with Crippen molar-refractivity contribution in [1.82, 2.24) is 0 Å². The minimum atomic E-state index is -0.791. The number of hydrogen-bond acceptors (Lipinski definition) is 8. The molecule has 34 heavy (non-hydrogen) atoms. The van der Waals surface area contributed by atoms with Crippen LogP contribution in [0, 0.1) is 0 Å². The van der Waals surface area contributed by atoms with E-state index in [1.807, 2.05) is 19.9 Å². The predicted molar refractivity (Wildman–Crippen MR) is 126 cm³/mol. The Hall–Kier alpha value is -3.94. The number of hydrogen-bond donors (Lipinski definition) is 0. The first-order valence-corrected chi connectivity index (χ1v) is 10.7. The number of carbonyl (C=O) groups is 1. The predicted octanol–water partition coefficient (Wildman–Crippen LogP) is 4.16. The molecule has 2 heterocycles. The quantitative estimate of drug-likeness (QED) is 0.304. The van der Waals surface area contributed by atoms with Crippen molar-refractivity contribution in [3.8, 4) is 23.0 Å². The first kappa shape index (κ1) is 23.2. The number of ether oxygens (including phenoxy) is 5. The number of esters is 1. The van der Waals surface area contributed by atoms with Gasteiger partial charge in [-0.3, -0.25) is 0 Å². The molecule has 0 saturated heterocycles. The van der Waals surface area contributed by atoms with Gasteiger partial charge in [0.25, 0.3) is 0 Å². The monoisotopic (exact) mass is 466 g/mol. The Balaban J connectivity index is 1.55. The van der Waals surface area contributed by atoms with E-state index in [4.69, 9.17) is 28.1 Å². The molecule has 0 bridgehead atoms. The molecule has 0 aliphatic carbocycles. The van der Waals surface area contributed by atoms with E-state index in [2.05, 4.69) is 0 Å². The van der Waals surface area contributed by atoms with E-state index < -0.39 is 23.3 Å². The van der Waals surface area contributed by atoms with Crippen LogP contribution in [0.3, 0.4) is 0 Å². The topological polar surface area (TPSA) is 93.4 Å². The van der Waals surface area contributed by atoms with Gasteiger partial charge in [0.1, 0.15) is 28.8 Å². The summed E-state index contributed by atoms with van der Waals surface area (Å²) in [6.07, 6.45) is 2.86. The molecule has 0 radical (unpaired) electrons. The number of fused-ring (bicyclic) bond motifs is 2. The van der Waals surface area contributed by atoms with Gasteiger partial charge in [0, 0.05) is 41.6 Å². The van der Waals surface area contributed by atoms with Crippen LogP contribution in [0.15, 0.2) is 51.7 Å². The van der Waals surface area contributed by atoms with Crippen LogP contribution in [0.1, 0.15) is 25.0 Å². The number of carbonyl (C=O) groups excluding carboxylic acids is 1. The van der Waals surface area contributed by atoms with Crippen LogP contribution in [0.2, 0.25) is 0 Å². The molecule has 8 heteroatoms. The van der Waals surface area contributed by atoms with Gasteiger partial charge in [0.15, 0.2) is 11.5 Å². The molecule has 0 spiro atoms. The Kier molecular flexibility index (Phi) is 6.24. The van der Waals surface area contributed by atoms with Crippen LogP contribution >= 0.6 is 0 Å². The number of benzene rings is 2. The van der Waals surface area contributed by atoms with Gasteiger partial charge in [-0.15, -0.1) is 0 Å². The van der Waals surface area contributed by atoms with Crippen LogP contribution in [0.25, 0.3) is 17.0 Å². The zero-order valence-corrected chi connectivity index (χ0v) is 19.7. The van der Waals surface area contributed by atoms with Gasteiger partial charge in [-0.05, 0) is 43.7 Å². The van der Waals surface area contributed by atoms with Crippen LogP contribution in [-0.4, -0.2) is 39.0 Å². The fourth-order valence-corrected chi connectivity index (χ4v) is 3.90. The third kappa shape index (κ3) is 4.57. The fourth-order valence-electron chi connectivity index (χ4n) is 3.90. The summed E-state index contributed by atoms with van der Waals surface area (Å²) in [6, 6.07) is 10.1. The van der Waals surface area contributed by atoms with Crippen molar-refractivity contribution >= 4 is 23.0 Å². The molecule has 1 aromatic heterocycles. The van der Waals surface area contributed by atoms with E-state index in [1.54, 1.807) is 30.3 Å². The zero-order valence-electron chi connectivity index (χ0n) is 19.7. The third-order valence-electron chi connectivity index (χ3n) is 5.75. The van der Waals surface area contributed by atoms with Gasteiger partial charge in [-0.2, -0.15) is 0 Å². The average molecular weight is 466 g/mol. The molecule has 2 aromatic carbocycles. The highest BCUT2D eigenvalue weighted by Crippen LogP contribution is 2.38. The molecule has 4 rings (SSSR count). The number of rotatable bonds is 6. The maximum absolute atomic E-state index is 12.7. The standard InChI is InChI=1S/C26H26O8/c1-26(2)23(12-17-10-15-6-8-24(27)32-19(15)14-20(17)34-26)33-25(28)9-7-16-11-21(30-4)22(31-5)13-18(16)29-3/h6-11,13-14,23H,12H2,1-5H3/b9-7+. The molecule has 178 valence electrons. The maximum atomic E-state index is 12.7. The van der Waals surface area contributed by atoms with Crippen LogP contribution < -0.4 is 24.6 Å². The highest BCUT2D eigenvalue weighted by molar-refractivity contribution is 5.88. The molecule has 1 aliphatic heterocycles. The zero-order chi connectivity index (χ0) is 24.5. The summed E-state index contributed by atoms with van der Waals surface area (Å²) in [7, 11) is 4.60. The van der Waals surface area contributed by atoms with Crippen molar-refractivity contribution < 1.29 is 32.9 Å². The lowest BCUT2D eigenvalue weighted by molar-refractivity contribution is -0.155. The van der Waals surface area contributed by atoms with Gasteiger partial charge in [-0.1, -0.05) is 0 Å².